The molecule has 3 atom stereocenters. The van der Waals surface area contributed by atoms with Gasteiger partial charge in [0.1, 0.15) is 0 Å². The minimum Gasteiger partial charge on any atom is -0.376 e. The Labute approximate surface area is 114 Å². The predicted octanol–water partition coefficient (Wildman–Crippen LogP) is 1.72. The van der Waals surface area contributed by atoms with E-state index in [0.29, 0.717) is 5.92 Å². The molecule has 0 saturated carbocycles. The smallest absolute Gasteiger partial charge is 0.168 e. The highest BCUT2D eigenvalue weighted by molar-refractivity contribution is 4.93. The van der Waals surface area contributed by atoms with Crippen LogP contribution < -0.4 is 5.32 Å². The van der Waals surface area contributed by atoms with E-state index < -0.39 is 0 Å². The molecule has 1 aromatic heterocycles. The average molecular weight is 267 g/mol. The lowest BCUT2D eigenvalue weighted by Gasteiger charge is -2.22. The molecule has 1 saturated heterocycles. The zero-order valence-corrected chi connectivity index (χ0v) is 12.3. The van der Waals surface area contributed by atoms with E-state index in [4.69, 9.17) is 4.74 Å². The fourth-order valence-corrected chi connectivity index (χ4v) is 2.42. The topological polar surface area (TPSA) is 64.9 Å². The highest BCUT2D eigenvalue weighted by atomic mass is 16.5. The van der Waals surface area contributed by atoms with Crippen molar-refractivity contribution >= 4 is 0 Å². The minimum absolute atomic E-state index is 0.154. The van der Waals surface area contributed by atoms with E-state index in [1.807, 2.05) is 4.68 Å². The van der Waals surface area contributed by atoms with Crippen molar-refractivity contribution in [3.05, 3.63) is 5.82 Å². The lowest BCUT2D eigenvalue weighted by Crippen LogP contribution is -2.29. The standard InChI is InChI=1S/C13H25N5O/c1-9(2)8-14-10(3)13-15-16-17-18(13)11(4)12-6-5-7-19-12/h9-12,14H,5-8H2,1-4H3. The molecule has 0 bridgehead atoms. The van der Waals surface area contributed by atoms with Gasteiger partial charge >= 0.3 is 0 Å². The van der Waals surface area contributed by atoms with Gasteiger partial charge in [-0.1, -0.05) is 13.8 Å². The van der Waals surface area contributed by atoms with E-state index in [0.717, 1.165) is 31.8 Å². The number of hydrogen-bond donors (Lipinski definition) is 1. The third-order valence-electron chi connectivity index (χ3n) is 3.63. The summed E-state index contributed by atoms with van der Waals surface area (Å²) in [5.74, 6) is 1.51. The van der Waals surface area contributed by atoms with E-state index in [1.54, 1.807) is 0 Å². The second kappa shape index (κ2) is 6.43. The zero-order chi connectivity index (χ0) is 13.8. The van der Waals surface area contributed by atoms with Gasteiger partial charge in [-0.15, -0.1) is 5.10 Å². The van der Waals surface area contributed by atoms with Gasteiger partial charge in [0.2, 0.25) is 0 Å². The van der Waals surface area contributed by atoms with Gasteiger partial charge in [0.15, 0.2) is 5.82 Å². The first-order valence-corrected chi connectivity index (χ1v) is 7.22. The number of hydrogen-bond acceptors (Lipinski definition) is 5. The molecular weight excluding hydrogens is 242 g/mol. The highest BCUT2D eigenvalue weighted by Crippen LogP contribution is 2.25. The molecule has 2 rings (SSSR count). The fraction of sp³-hybridized carbons (Fsp3) is 0.923. The van der Waals surface area contributed by atoms with Crippen LogP contribution in [0, 0.1) is 5.92 Å². The minimum atomic E-state index is 0.154. The summed E-state index contributed by atoms with van der Waals surface area (Å²) in [6.07, 6.45) is 2.46. The highest BCUT2D eigenvalue weighted by Gasteiger charge is 2.27. The second-order valence-electron chi connectivity index (χ2n) is 5.80. The quantitative estimate of drug-likeness (QED) is 0.850. The molecule has 0 amide bonds. The molecule has 1 fully saturated rings. The summed E-state index contributed by atoms with van der Waals surface area (Å²) < 4.78 is 7.65. The van der Waals surface area contributed by atoms with Crippen LogP contribution in [-0.4, -0.2) is 39.5 Å². The van der Waals surface area contributed by atoms with Crippen LogP contribution in [0.3, 0.4) is 0 Å². The summed E-state index contributed by atoms with van der Waals surface area (Å²) in [6, 6.07) is 0.344. The van der Waals surface area contributed by atoms with Crippen LogP contribution in [0.5, 0.6) is 0 Å². The molecule has 1 aliphatic rings. The molecule has 0 radical (unpaired) electrons. The Morgan fingerprint density at radius 1 is 1.37 bits per heavy atom. The van der Waals surface area contributed by atoms with Crippen molar-refractivity contribution in [1.82, 2.24) is 25.5 Å². The number of ether oxygens (including phenoxy) is 1. The Hall–Kier alpha value is -1.01. The second-order valence-corrected chi connectivity index (χ2v) is 5.80. The van der Waals surface area contributed by atoms with Crippen LogP contribution in [-0.2, 0) is 4.74 Å². The lowest BCUT2D eigenvalue weighted by atomic mass is 10.1. The number of rotatable bonds is 6. The van der Waals surface area contributed by atoms with Crippen molar-refractivity contribution in [1.29, 1.82) is 0 Å². The molecule has 108 valence electrons. The number of tetrazole rings is 1. The van der Waals surface area contributed by atoms with Crippen molar-refractivity contribution in [2.75, 3.05) is 13.2 Å². The maximum atomic E-state index is 5.73. The Balaban J connectivity index is 2.03. The fourth-order valence-electron chi connectivity index (χ4n) is 2.42. The van der Waals surface area contributed by atoms with E-state index in [-0.39, 0.29) is 18.2 Å². The molecule has 6 nitrogen and oxygen atoms in total. The molecule has 6 heteroatoms. The van der Waals surface area contributed by atoms with E-state index in [9.17, 15) is 0 Å². The maximum absolute atomic E-state index is 5.73. The van der Waals surface area contributed by atoms with Gasteiger partial charge in [0.25, 0.3) is 0 Å². The first-order chi connectivity index (χ1) is 9.09. The SMILES string of the molecule is CC(C)CNC(C)c1nnnn1C(C)C1CCCO1. The lowest BCUT2D eigenvalue weighted by molar-refractivity contribution is 0.0668. The van der Waals surface area contributed by atoms with Gasteiger partial charge in [-0.3, -0.25) is 0 Å². The van der Waals surface area contributed by atoms with Crippen molar-refractivity contribution in [3.8, 4) is 0 Å². The van der Waals surface area contributed by atoms with Gasteiger partial charge in [-0.25, -0.2) is 4.68 Å². The number of nitrogens with zero attached hydrogens (tertiary/aromatic N) is 4. The normalized spacial score (nSPS) is 22.9. The Bertz CT molecular complexity index is 386. The monoisotopic (exact) mass is 267 g/mol. The van der Waals surface area contributed by atoms with Crippen molar-refractivity contribution in [2.24, 2.45) is 5.92 Å². The first kappa shape index (κ1) is 14.4. The molecule has 1 aliphatic heterocycles. The number of nitrogens with one attached hydrogen (secondary N) is 1. The summed E-state index contributed by atoms with van der Waals surface area (Å²) in [5.41, 5.74) is 0. The van der Waals surface area contributed by atoms with Crippen LogP contribution in [0.15, 0.2) is 0 Å². The van der Waals surface area contributed by atoms with Crippen molar-refractivity contribution < 1.29 is 4.74 Å². The summed E-state index contributed by atoms with van der Waals surface area (Å²) >= 11 is 0. The van der Waals surface area contributed by atoms with E-state index in [1.165, 1.54) is 0 Å². The molecule has 19 heavy (non-hydrogen) atoms. The van der Waals surface area contributed by atoms with Crippen LogP contribution in [0.25, 0.3) is 0 Å². The zero-order valence-electron chi connectivity index (χ0n) is 12.3. The first-order valence-electron chi connectivity index (χ1n) is 7.22. The molecule has 2 heterocycles. The third kappa shape index (κ3) is 3.51. The van der Waals surface area contributed by atoms with Crippen LogP contribution in [0.1, 0.15) is 58.4 Å². The van der Waals surface area contributed by atoms with Crippen LogP contribution >= 0.6 is 0 Å². The molecule has 1 aromatic rings. The number of aromatic nitrogens is 4. The van der Waals surface area contributed by atoms with E-state index in [2.05, 4.69) is 48.5 Å². The van der Waals surface area contributed by atoms with Gasteiger partial charge in [-0.05, 0) is 49.6 Å². The van der Waals surface area contributed by atoms with Gasteiger partial charge in [0.05, 0.1) is 18.2 Å². The molecular formula is C13H25N5O. The molecule has 0 spiro atoms. The molecule has 3 unspecified atom stereocenters. The predicted molar refractivity (Wildman–Crippen MR) is 72.8 cm³/mol. The summed E-state index contributed by atoms with van der Waals surface area (Å²) in [4.78, 5) is 0. The third-order valence-corrected chi connectivity index (χ3v) is 3.63. The largest absolute Gasteiger partial charge is 0.376 e. The van der Waals surface area contributed by atoms with Crippen LogP contribution in [0.2, 0.25) is 0 Å². The molecule has 0 aromatic carbocycles. The molecule has 1 N–H and O–H groups in total. The van der Waals surface area contributed by atoms with E-state index >= 15 is 0 Å². The van der Waals surface area contributed by atoms with Crippen LogP contribution in [0.4, 0.5) is 0 Å². The Morgan fingerprint density at radius 3 is 2.79 bits per heavy atom. The summed E-state index contributed by atoms with van der Waals surface area (Å²) in [5, 5.41) is 15.6. The summed E-state index contributed by atoms with van der Waals surface area (Å²) in [7, 11) is 0. The van der Waals surface area contributed by atoms with Crippen molar-refractivity contribution in [3.63, 3.8) is 0 Å². The molecule has 0 aliphatic carbocycles. The average Bonchev–Trinajstić information content (AvgIpc) is 3.05. The maximum Gasteiger partial charge on any atom is 0.168 e. The van der Waals surface area contributed by atoms with Gasteiger partial charge < -0.3 is 10.1 Å². The summed E-state index contributed by atoms with van der Waals surface area (Å²) in [6.45, 7) is 10.4. The van der Waals surface area contributed by atoms with Gasteiger partial charge in [0, 0.05) is 6.61 Å². The Morgan fingerprint density at radius 2 is 2.16 bits per heavy atom. The Kier molecular flexibility index (Phi) is 4.87. The van der Waals surface area contributed by atoms with Gasteiger partial charge in [-0.2, -0.15) is 0 Å². The van der Waals surface area contributed by atoms with Crippen molar-refractivity contribution in [2.45, 2.75) is 58.7 Å².